The van der Waals surface area contributed by atoms with Crippen LogP contribution in [0.3, 0.4) is 0 Å². The number of rotatable bonds is 2. The first-order valence-electron chi connectivity index (χ1n) is 7.98. The van der Waals surface area contributed by atoms with Crippen LogP contribution >= 0.6 is 11.3 Å². The van der Waals surface area contributed by atoms with Crippen molar-refractivity contribution in [2.24, 2.45) is 0 Å². The zero-order valence-corrected chi connectivity index (χ0v) is 13.7. The molecule has 0 saturated carbocycles. The molecule has 0 aliphatic carbocycles. The van der Waals surface area contributed by atoms with Gasteiger partial charge < -0.3 is 9.64 Å². The molecular formula is C19H19NO2S. The molecule has 0 N–H and O–H groups in total. The maximum atomic E-state index is 12.3. The molecule has 23 heavy (non-hydrogen) atoms. The Balaban J connectivity index is 1.43. The van der Waals surface area contributed by atoms with Gasteiger partial charge in [-0.3, -0.25) is 4.79 Å². The van der Waals surface area contributed by atoms with Crippen molar-refractivity contribution in [3.63, 3.8) is 0 Å². The Morgan fingerprint density at radius 1 is 1.22 bits per heavy atom. The lowest BCUT2D eigenvalue weighted by atomic mass is 9.84. The van der Waals surface area contributed by atoms with Crippen LogP contribution in [0.5, 0.6) is 0 Å². The van der Waals surface area contributed by atoms with Crippen molar-refractivity contribution in [3.05, 3.63) is 63.9 Å². The van der Waals surface area contributed by atoms with Gasteiger partial charge in [-0.2, -0.15) is 11.3 Å². The lowest BCUT2D eigenvalue weighted by Crippen LogP contribution is -2.44. The van der Waals surface area contributed by atoms with Crippen molar-refractivity contribution >= 4 is 23.3 Å². The van der Waals surface area contributed by atoms with E-state index in [0.717, 1.165) is 31.5 Å². The van der Waals surface area contributed by atoms with Crippen molar-refractivity contribution in [2.45, 2.75) is 25.0 Å². The van der Waals surface area contributed by atoms with Gasteiger partial charge in [-0.15, -0.1) is 0 Å². The van der Waals surface area contributed by atoms with Gasteiger partial charge >= 0.3 is 0 Å². The number of hydrogen-bond acceptors (Lipinski definition) is 3. The Labute approximate surface area is 140 Å². The maximum Gasteiger partial charge on any atom is 0.246 e. The van der Waals surface area contributed by atoms with Crippen LogP contribution in [0.15, 0.2) is 47.2 Å². The molecule has 1 aromatic heterocycles. The summed E-state index contributed by atoms with van der Waals surface area (Å²) in [7, 11) is 0. The molecule has 1 saturated heterocycles. The van der Waals surface area contributed by atoms with Crippen LogP contribution in [0.1, 0.15) is 29.5 Å². The summed E-state index contributed by atoms with van der Waals surface area (Å²) in [6.07, 6.45) is 5.33. The fraction of sp³-hybridized carbons (Fsp3) is 0.316. The molecule has 118 valence electrons. The number of thiophene rings is 1. The SMILES string of the molecule is O=C(C=Cc1ccsc1)N1CCC2(CC1)OCc1ccccc12. The second kappa shape index (κ2) is 5.95. The molecule has 1 fully saturated rings. The van der Waals surface area contributed by atoms with E-state index in [4.69, 9.17) is 4.74 Å². The van der Waals surface area contributed by atoms with E-state index in [0.29, 0.717) is 6.61 Å². The molecule has 2 aliphatic rings. The summed E-state index contributed by atoms with van der Waals surface area (Å²) in [6, 6.07) is 10.5. The zero-order valence-electron chi connectivity index (χ0n) is 12.9. The highest BCUT2D eigenvalue weighted by Gasteiger charge is 2.42. The van der Waals surface area contributed by atoms with Gasteiger partial charge in [0, 0.05) is 19.2 Å². The number of hydrogen-bond donors (Lipinski definition) is 0. The van der Waals surface area contributed by atoms with E-state index in [1.54, 1.807) is 17.4 Å². The second-order valence-corrected chi connectivity index (χ2v) is 6.94. The molecule has 2 aromatic rings. The van der Waals surface area contributed by atoms with Gasteiger partial charge in [0.15, 0.2) is 0 Å². The summed E-state index contributed by atoms with van der Waals surface area (Å²) in [5, 5.41) is 4.06. The Morgan fingerprint density at radius 2 is 2.04 bits per heavy atom. The first-order valence-corrected chi connectivity index (χ1v) is 8.93. The lowest BCUT2D eigenvalue weighted by Gasteiger charge is -2.39. The van der Waals surface area contributed by atoms with E-state index in [1.807, 2.05) is 27.8 Å². The first-order chi connectivity index (χ1) is 11.3. The number of amides is 1. The monoisotopic (exact) mass is 325 g/mol. The molecule has 1 amide bonds. The highest BCUT2D eigenvalue weighted by atomic mass is 32.1. The van der Waals surface area contributed by atoms with Crippen LogP contribution < -0.4 is 0 Å². The highest BCUT2D eigenvalue weighted by Crippen LogP contribution is 2.43. The fourth-order valence-electron chi connectivity index (χ4n) is 3.53. The summed E-state index contributed by atoms with van der Waals surface area (Å²) < 4.78 is 6.14. The van der Waals surface area contributed by atoms with Crippen LogP contribution in [0.25, 0.3) is 6.08 Å². The Bertz CT molecular complexity index is 728. The minimum atomic E-state index is -0.176. The topological polar surface area (TPSA) is 29.5 Å². The van der Waals surface area contributed by atoms with Crippen LogP contribution in [0.2, 0.25) is 0 Å². The summed E-state index contributed by atoms with van der Waals surface area (Å²) >= 11 is 1.64. The minimum absolute atomic E-state index is 0.0948. The van der Waals surface area contributed by atoms with Gasteiger partial charge in [0.25, 0.3) is 0 Å². The van der Waals surface area contributed by atoms with Crippen molar-refractivity contribution in [1.29, 1.82) is 0 Å². The van der Waals surface area contributed by atoms with E-state index < -0.39 is 0 Å². The summed E-state index contributed by atoms with van der Waals surface area (Å²) in [5.41, 5.74) is 3.53. The molecule has 1 spiro atoms. The summed E-state index contributed by atoms with van der Waals surface area (Å²) in [4.78, 5) is 14.3. The second-order valence-electron chi connectivity index (χ2n) is 6.16. The van der Waals surface area contributed by atoms with E-state index in [1.165, 1.54) is 11.1 Å². The van der Waals surface area contributed by atoms with Crippen LogP contribution in [-0.4, -0.2) is 23.9 Å². The van der Waals surface area contributed by atoms with E-state index >= 15 is 0 Å². The van der Waals surface area contributed by atoms with Crippen molar-refractivity contribution in [1.82, 2.24) is 4.90 Å². The molecule has 3 nitrogen and oxygen atoms in total. The zero-order chi connectivity index (χ0) is 15.7. The number of ether oxygens (including phenoxy) is 1. The van der Waals surface area contributed by atoms with Gasteiger partial charge in [0.05, 0.1) is 12.2 Å². The first kappa shape index (κ1) is 14.7. The Hall–Kier alpha value is -1.91. The molecule has 3 heterocycles. The Kier molecular flexibility index (Phi) is 3.79. The maximum absolute atomic E-state index is 12.3. The normalized spacial score (nSPS) is 19.4. The third kappa shape index (κ3) is 2.73. The average molecular weight is 325 g/mol. The van der Waals surface area contributed by atoms with Crippen molar-refractivity contribution in [2.75, 3.05) is 13.1 Å². The largest absolute Gasteiger partial charge is 0.365 e. The van der Waals surface area contributed by atoms with Crippen molar-refractivity contribution in [3.8, 4) is 0 Å². The lowest BCUT2D eigenvalue weighted by molar-refractivity contribution is -0.133. The van der Waals surface area contributed by atoms with Gasteiger partial charge in [0.2, 0.25) is 5.91 Å². The van der Waals surface area contributed by atoms with E-state index in [2.05, 4.69) is 24.3 Å². The minimum Gasteiger partial charge on any atom is -0.365 e. The average Bonchev–Trinajstić information content (AvgIpc) is 3.23. The molecule has 2 aliphatic heterocycles. The van der Waals surface area contributed by atoms with Gasteiger partial charge in [-0.25, -0.2) is 0 Å². The number of benzene rings is 1. The molecule has 0 unspecified atom stereocenters. The van der Waals surface area contributed by atoms with Crippen molar-refractivity contribution < 1.29 is 9.53 Å². The predicted molar refractivity (Wildman–Crippen MR) is 92.1 cm³/mol. The molecule has 0 radical (unpaired) electrons. The Morgan fingerprint density at radius 3 is 2.83 bits per heavy atom. The van der Waals surface area contributed by atoms with Crippen LogP contribution in [0.4, 0.5) is 0 Å². The standard InChI is InChI=1S/C19H19NO2S/c21-18(6-5-15-7-12-23-14-15)20-10-8-19(9-11-20)17-4-2-1-3-16(17)13-22-19/h1-7,12,14H,8-11,13H2. The van der Waals surface area contributed by atoms with Gasteiger partial charge in [-0.05, 0) is 52.4 Å². The number of piperidine rings is 1. The third-order valence-electron chi connectivity index (χ3n) is 4.86. The van der Waals surface area contributed by atoms with E-state index in [-0.39, 0.29) is 11.5 Å². The molecular weight excluding hydrogens is 306 g/mol. The number of carbonyl (C=O) groups excluding carboxylic acids is 1. The summed E-state index contributed by atoms with van der Waals surface area (Å²) in [6.45, 7) is 2.20. The van der Waals surface area contributed by atoms with Crippen LogP contribution in [-0.2, 0) is 21.7 Å². The van der Waals surface area contributed by atoms with Gasteiger partial charge in [0.1, 0.15) is 0 Å². The molecule has 4 rings (SSSR count). The number of carbonyl (C=O) groups is 1. The number of likely N-dealkylation sites (tertiary alicyclic amines) is 1. The molecule has 0 bridgehead atoms. The quantitative estimate of drug-likeness (QED) is 0.786. The summed E-state index contributed by atoms with van der Waals surface area (Å²) in [5.74, 6) is 0.0948. The smallest absolute Gasteiger partial charge is 0.246 e. The molecule has 0 atom stereocenters. The third-order valence-corrected chi connectivity index (χ3v) is 5.56. The van der Waals surface area contributed by atoms with Gasteiger partial charge in [-0.1, -0.05) is 24.3 Å². The van der Waals surface area contributed by atoms with Crippen LogP contribution in [0, 0.1) is 0 Å². The molecule has 4 heteroatoms. The number of nitrogens with zero attached hydrogens (tertiary/aromatic N) is 1. The number of fused-ring (bicyclic) bond motifs is 2. The predicted octanol–water partition coefficient (Wildman–Crippen LogP) is 3.81. The fourth-order valence-corrected chi connectivity index (χ4v) is 4.16. The van der Waals surface area contributed by atoms with E-state index in [9.17, 15) is 4.79 Å². The molecule has 1 aromatic carbocycles. The highest BCUT2D eigenvalue weighted by molar-refractivity contribution is 7.08.